The van der Waals surface area contributed by atoms with Crippen LogP contribution in [0, 0.1) is 46.3 Å². The molecule has 0 radical (unpaired) electrons. The maximum atomic E-state index is 14.2. The van der Waals surface area contributed by atoms with Gasteiger partial charge in [0.15, 0.2) is 0 Å². The zero-order chi connectivity index (χ0) is 45.6. The standard InChI is InChI=1S/C47H71N3O12/c1-27(13-19-39(55)60-7)31-14-15-32-41-33(25-37(52)47(31,32)6)46(5)22-21-30(23-29(46)24-36(41)51)48-42(57)34(17-20-40(56)61-26-28-11-9-8-10-12-28)49-43(58)35(16-18-38(53)54)50-44(59)62-45(2,3)4/h8-12,27,29-37,41,51-52H,13-26H2,1-7H3,(H,48,57)(H,49,58)(H,50,59)(H,53,54)/t27?,29-,30-,31+,32-,33-,34?,35?,36+,37-,41-,46-,47+/m0/s1. The summed E-state index contributed by atoms with van der Waals surface area (Å²) < 4.78 is 15.7. The number of carbonyl (C=O) groups excluding carboxylic acids is 5. The second-order valence-corrected chi connectivity index (χ2v) is 20.0. The Morgan fingerprint density at radius 2 is 1.48 bits per heavy atom. The molecule has 3 unspecified atom stereocenters. The molecule has 4 aliphatic rings. The van der Waals surface area contributed by atoms with Crippen LogP contribution >= 0.6 is 0 Å². The Kier molecular flexibility index (Phi) is 16.1. The van der Waals surface area contributed by atoms with Crippen LogP contribution in [0.15, 0.2) is 30.3 Å². The van der Waals surface area contributed by atoms with Gasteiger partial charge >= 0.3 is 24.0 Å². The van der Waals surface area contributed by atoms with Gasteiger partial charge < -0.3 is 45.5 Å². The van der Waals surface area contributed by atoms with Gasteiger partial charge in [-0.05, 0) is 137 Å². The summed E-state index contributed by atoms with van der Waals surface area (Å²) in [6, 6.07) is 6.24. The normalized spacial score (nSPS) is 31.7. The van der Waals surface area contributed by atoms with E-state index in [-0.39, 0.29) is 84.2 Å². The number of alkyl carbamates (subject to hydrolysis) is 1. The average molecular weight is 870 g/mol. The Morgan fingerprint density at radius 1 is 0.823 bits per heavy atom. The van der Waals surface area contributed by atoms with Crippen molar-refractivity contribution in [1.82, 2.24) is 16.0 Å². The minimum atomic E-state index is -1.35. The largest absolute Gasteiger partial charge is 0.481 e. The van der Waals surface area contributed by atoms with Crippen LogP contribution in [0.2, 0.25) is 0 Å². The quantitative estimate of drug-likeness (QED) is 0.0852. The molecule has 0 saturated heterocycles. The van der Waals surface area contributed by atoms with E-state index in [0.29, 0.717) is 38.5 Å². The van der Waals surface area contributed by atoms with Crippen LogP contribution in [0.5, 0.6) is 0 Å². The van der Waals surface area contributed by atoms with Gasteiger partial charge in [0.1, 0.15) is 24.3 Å². The summed E-state index contributed by atoms with van der Waals surface area (Å²) in [7, 11) is 1.40. The van der Waals surface area contributed by atoms with Gasteiger partial charge in [-0.3, -0.25) is 24.0 Å². The Morgan fingerprint density at radius 3 is 2.15 bits per heavy atom. The van der Waals surface area contributed by atoms with Crippen LogP contribution in [-0.2, 0) is 44.8 Å². The van der Waals surface area contributed by atoms with Crippen molar-refractivity contribution in [2.45, 2.75) is 168 Å². The summed E-state index contributed by atoms with van der Waals surface area (Å²) in [5.41, 5.74) is -0.681. The summed E-state index contributed by atoms with van der Waals surface area (Å²) in [6.45, 7) is 11.6. The lowest BCUT2D eigenvalue weighted by molar-refractivity contribution is -0.202. The van der Waals surface area contributed by atoms with Crippen LogP contribution in [0.25, 0.3) is 0 Å². The van der Waals surface area contributed by atoms with Crippen molar-refractivity contribution < 1.29 is 58.3 Å². The SMILES string of the molecule is COC(=O)CCC(C)[C@H]1CC[C@H]2[C@@H]3[C@H](O)C[C@@H]4C[C@@H](NC(=O)C(CCC(=O)OCc5ccccc5)NC(=O)C(CCC(=O)O)NC(=O)OC(C)(C)C)CC[C@]4(C)[C@H]3C[C@H](O)[C@]12C. The van der Waals surface area contributed by atoms with Crippen molar-refractivity contribution in [3.8, 4) is 0 Å². The van der Waals surface area contributed by atoms with E-state index >= 15 is 0 Å². The number of hydrogen-bond acceptors (Lipinski definition) is 11. The molecular formula is C47H71N3O12. The lowest BCUT2D eigenvalue weighted by atomic mass is 9.43. The van der Waals surface area contributed by atoms with E-state index < -0.39 is 66.2 Å². The number of methoxy groups -OCH3 is 1. The molecule has 0 bridgehead atoms. The van der Waals surface area contributed by atoms with Crippen LogP contribution in [0.4, 0.5) is 4.79 Å². The smallest absolute Gasteiger partial charge is 0.408 e. The van der Waals surface area contributed by atoms with Gasteiger partial charge in [0, 0.05) is 25.3 Å². The highest BCUT2D eigenvalue weighted by atomic mass is 16.6. The fourth-order valence-electron chi connectivity index (χ4n) is 11.8. The maximum absolute atomic E-state index is 14.2. The van der Waals surface area contributed by atoms with E-state index in [1.54, 1.807) is 20.8 Å². The fourth-order valence-corrected chi connectivity index (χ4v) is 11.8. The van der Waals surface area contributed by atoms with Crippen LogP contribution in [-0.4, -0.2) is 94.2 Å². The monoisotopic (exact) mass is 870 g/mol. The van der Waals surface area contributed by atoms with Crippen molar-refractivity contribution in [2.24, 2.45) is 46.3 Å². The first-order chi connectivity index (χ1) is 29.2. The predicted molar refractivity (Wildman–Crippen MR) is 228 cm³/mol. The zero-order valence-electron chi connectivity index (χ0n) is 37.7. The molecular weight excluding hydrogens is 799 g/mol. The van der Waals surface area contributed by atoms with E-state index in [0.717, 1.165) is 24.8 Å². The number of esters is 2. The lowest BCUT2D eigenvalue weighted by Crippen LogP contribution is -2.63. The van der Waals surface area contributed by atoms with Crippen LogP contribution in [0.1, 0.15) is 131 Å². The van der Waals surface area contributed by atoms with E-state index in [4.69, 9.17) is 14.2 Å². The number of carboxylic acids is 1. The van der Waals surface area contributed by atoms with Gasteiger partial charge in [-0.15, -0.1) is 0 Å². The fraction of sp³-hybridized carbons (Fsp3) is 0.745. The number of ether oxygens (including phenoxy) is 3. The van der Waals surface area contributed by atoms with Gasteiger partial charge in [-0.1, -0.05) is 51.1 Å². The van der Waals surface area contributed by atoms with Crippen LogP contribution in [0.3, 0.4) is 0 Å². The maximum Gasteiger partial charge on any atom is 0.408 e. The summed E-state index contributed by atoms with van der Waals surface area (Å²) in [5, 5.41) is 41.6. The number of carboxylic acid groups (broad SMARTS) is 1. The van der Waals surface area contributed by atoms with Crippen molar-refractivity contribution in [2.75, 3.05) is 7.11 Å². The molecule has 1 aromatic carbocycles. The molecule has 4 fully saturated rings. The molecule has 4 aliphatic carbocycles. The second-order valence-electron chi connectivity index (χ2n) is 20.0. The van der Waals surface area contributed by atoms with Crippen molar-refractivity contribution in [3.05, 3.63) is 35.9 Å². The number of aliphatic hydroxyl groups excluding tert-OH is 2. The average Bonchev–Trinajstić information content (AvgIpc) is 3.57. The van der Waals surface area contributed by atoms with Gasteiger partial charge in [0.25, 0.3) is 0 Å². The van der Waals surface area contributed by atoms with E-state index in [2.05, 4.69) is 36.7 Å². The Labute approximate surface area is 366 Å². The first-order valence-corrected chi connectivity index (χ1v) is 22.6. The number of amides is 3. The number of hydrogen-bond donors (Lipinski definition) is 6. The molecule has 5 rings (SSSR count). The third kappa shape index (κ3) is 11.7. The van der Waals surface area contributed by atoms with Gasteiger partial charge in [0.05, 0.1) is 19.3 Å². The molecule has 3 amide bonds. The van der Waals surface area contributed by atoms with Crippen molar-refractivity contribution >= 4 is 35.8 Å². The minimum absolute atomic E-state index is 0.0261. The second kappa shape index (κ2) is 20.5. The molecule has 0 heterocycles. The van der Waals surface area contributed by atoms with E-state index in [1.807, 2.05) is 30.3 Å². The van der Waals surface area contributed by atoms with Crippen molar-refractivity contribution in [3.63, 3.8) is 0 Å². The molecule has 1 aromatic rings. The topological polar surface area (TPSA) is 227 Å². The molecule has 0 aliphatic heterocycles. The summed E-state index contributed by atoms with van der Waals surface area (Å²) >= 11 is 0. The number of nitrogens with one attached hydrogen (secondary N) is 3. The molecule has 346 valence electrons. The Balaban J connectivity index is 1.28. The molecule has 4 saturated carbocycles. The number of aliphatic hydroxyl groups is 2. The highest BCUT2D eigenvalue weighted by molar-refractivity contribution is 5.92. The Bertz CT molecular complexity index is 1750. The summed E-state index contributed by atoms with van der Waals surface area (Å²) in [6.07, 6.45) is 2.85. The van der Waals surface area contributed by atoms with Gasteiger partial charge in [0.2, 0.25) is 11.8 Å². The molecule has 15 nitrogen and oxygen atoms in total. The summed E-state index contributed by atoms with van der Waals surface area (Å²) in [5.74, 6) is -2.61. The number of carbonyl (C=O) groups is 6. The molecule has 62 heavy (non-hydrogen) atoms. The minimum Gasteiger partial charge on any atom is -0.481 e. The lowest BCUT2D eigenvalue weighted by Gasteiger charge is -2.63. The van der Waals surface area contributed by atoms with E-state index in [9.17, 15) is 44.1 Å². The predicted octanol–water partition coefficient (Wildman–Crippen LogP) is 5.43. The number of fused-ring (bicyclic) bond motifs is 5. The molecule has 0 aromatic heterocycles. The van der Waals surface area contributed by atoms with E-state index in [1.165, 1.54) is 7.11 Å². The third-order valence-corrected chi connectivity index (χ3v) is 15.1. The molecule has 13 atom stereocenters. The molecule has 15 heteroatoms. The van der Waals surface area contributed by atoms with Gasteiger partial charge in [-0.2, -0.15) is 0 Å². The van der Waals surface area contributed by atoms with Crippen LogP contribution < -0.4 is 16.0 Å². The molecule has 6 N–H and O–H groups in total. The summed E-state index contributed by atoms with van der Waals surface area (Å²) in [4.78, 5) is 77.0. The third-order valence-electron chi connectivity index (χ3n) is 15.1. The van der Waals surface area contributed by atoms with Gasteiger partial charge in [-0.25, -0.2) is 4.79 Å². The highest BCUT2D eigenvalue weighted by Crippen LogP contribution is 2.68. The molecule has 0 spiro atoms. The number of rotatable bonds is 17. The first-order valence-electron chi connectivity index (χ1n) is 22.6. The number of aliphatic carboxylic acids is 1. The number of benzene rings is 1. The zero-order valence-corrected chi connectivity index (χ0v) is 37.7. The van der Waals surface area contributed by atoms with Crippen molar-refractivity contribution in [1.29, 1.82) is 0 Å². The first kappa shape index (κ1) is 48.8. The Hall–Kier alpha value is -4.24. The highest BCUT2D eigenvalue weighted by Gasteiger charge is 2.65.